The van der Waals surface area contributed by atoms with Crippen molar-refractivity contribution in [2.24, 2.45) is 0 Å². The number of esters is 1. The average molecular weight is 637 g/mol. The van der Waals surface area contributed by atoms with Crippen LogP contribution in [0.3, 0.4) is 0 Å². The third-order valence-corrected chi connectivity index (χ3v) is 6.60. The van der Waals surface area contributed by atoms with Crippen molar-refractivity contribution < 1.29 is 40.2 Å². The highest BCUT2D eigenvalue weighted by Gasteiger charge is 2.41. The summed E-state index contributed by atoms with van der Waals surface area (Å²) in [5.41, 5.74) is 0.547. The number of carbonyl (C=O) groups excluding carboxylic acids is 1. The van der Waals surface area contributed by atoms with Gasteiger partial charge in [-0.25, -0.2) is 27.7 Å². The largest absolute Gasteiger partial charge is 0.748 e. The quantitative estimate of drug-likeness (QED) is 0.244. The number of nitrogens with one attached hydrogen (secondary N) is 1. The molecule has 0 fully saturated rings. The number of aromatic amines is 1. The average Bonchev–Trinajstić information content (AvgIpc) is 3.29. The fourth-order valence-corrected chi connectivity index (χ4v) is 4.69. The first-order valence-electron chi connectivity index (χ1n) is 12.9. The molecular weight excluding hydrogens is 605 g/mol. The Morgan fingerprint density at radius 2 is 1.84 bits per heavy atom. The van der Waals surface area contributed by atoms with E-state index in [1.165, 1.54) is 28.7 Å². The van der Waals surface area contributed by atoms with Gasteiger partial charge in [0.2, 0.25) is 5.95 Å². The van der Waals surface area contributed by atoms with Crippen LogP contribution in [0.25, 0.3) is 0 Å². The Hall–Kier alpha value is -4.46. The maximum atomic E-state index is 13.5. The number of methoxy groups -OCH3 is 1. The van der Waals surface area contributed by atoms with E-state index in [0.29, 0.717) is 34.8 Å². The van der Waals surface area contributed by atoms with E-state index >= 15 is 0 Å². The highest BCUT2D eigenvalue weighted by Crippen LogP contribution is 2.43. The highest BCUT2D eigenvalue weighted by atomic mass is 32.2. The zero-order chi connectivity index (χ0) is 33.2. The molecule has 1 atom stereocenters. The van der Waals surface area contributed by atoms with Gasteiger partial charge in [0.25, 0.3) is 0 Å². The smallest absolute Gasteiger partial charge is 0.416 e. The Balaban J connectivity index is 0.000000978. The number of ether oxygens (including phenoxy) is 1. The molecule has 16 heteroatoms. The van der Waals surface area contributed by atoms with Crippen molar-refractivity contribution in [3.63, 3.8) is 0 Å². The number of rotatable bonds is 6. The number of quaternary nitrogens is 1. The third-order valence-electron chi connectivity index (χ3n) is 6.60. The van der Waals surface area contributed by atoms with Gasteiger partial charge in [-0.15, -0.1) is 5.10 Å². The van der Waals surface area contributed by atoms with Crippen molar-refractivity contribution in [1.29, 1.82) is 5.26 Å². The molecule has 0 saturated heterocycles. The monoisotopic (exact) mass is 636 g/mol. The first-order chi connectivity index (χ1) is 20.3. The molecule has 0 saturated carbocycles. The second-order valence-electron chi connectivity index (χ2n) is 11.0. The van der Waals surface area contributed by atoms with Gasteiger partial charge in [0, 0.05) is 24.1 Å². The molecular formula is C28H31F3N6O6S. The number of hydrogen-bond donors (Lipinski definition) is 1. The lowest BCUT2D eigenvalue weighted by atomic mass is 9.89. The predicted molar refractivity (Wildman–Crippen MR) is 153 cm³/mol. The van der Waals surface area contributed by atoms with Gasteiger partial charge < -0.3 is 13.8 Å². The minimum atomic E-state index is -4.61. The van der Waals surface area contributed by atoms with Crippen LogP contribution in [0, 0.1) is 11.3 Å². The van der Waals surface area contributed by atoms with Gasteiger partial charge in [0.05, 0.1) is 67.7 Å². The van der Waals surface area contributed by atoms with Crippen LogP contribution in [-0.2, 0) is 32.2 Å². The standard InChI is InChI=1S/C27H27F3N6O3.CH4O3S/c1-16-22(24(37)39-5)23(21-10-9-17(15-31)13-18(21)11-12-36(2,3)4)35-25(32-33-26(35)38)34(16)20-8-6-7-19(14-20)27(28,29)30;1-5(2,3)4/h6-10,13-14,23H,11-12H2,1-5H3;1H3,(H,2,3,4). The van der Waals surface area contributed by atoms with Crippen molar-refractivity contribution in [3.05, 3.63) is 86.5 Å². The molecule has 1 N–H and O–H groups in total. The van der Waals surface area contributed by atoms with Crippen LogP contribution in [0.2, 0.25) is 0 Å². The number of aromatic nitrogens is 3. The number of allylic oxidation sites excluding steroid dienone is 1. The fourth-order valence-electron chi connectivity index (χ4n) is 4.69. The summed E-state index contributed by atoms with van der Waals surface area (Å²) >= 11 is 0. The van der Waals surface area contributed by atoms with E-state index in [0.717, 1.165) is 17.7 Å². The summed E-state index contributed by atoms with van der Waals surface area (Å²) in [6.45, 7) is 2.26. The number of carbonyl (C=O) groups is 1. The van der Waals surface area contributed by atoms with Gasteiger partial charge in [-0.05, 0) is 48.4 Å². The van der Waals surface area contributed by atoms with Gasteiger partial charge in [-0.2, -0.15) is 18.4 Å². The summed E-state index contributed by atoms with van der Waals surface area (Å²) in [6, 6.07) is 10.7. The molecule has 1 aromatic heterocycles. The Morgan fingerprint density at radius 1 is 1.20 bits per heavy atom. The number of fused-ring (bicyclic) bond motifs is 1. The van der Waals surface area contributed by atoms with Crippen LogP contribution < -0.4 is 10.6 Å². The molecule has 1 aliphatic rings. The normalized spacial score (nSPS) is 15.2. The lowest BCUT2D eigenvalue weighted by molar-refractivity contribution is -0.870. The second-order valence-corrected chi connectivity index (χ2v) is 12.4. The predicted octanol–water partition coefficient (Wildman–Crippen LogP) is 3.06. The van der Waals surface area contributed by atoms with Crippen LogP contribution >= 0.6 is 0 Å². The SMILES string of the molecule is COC(=O)C1=C(C)N(c2cccc(C(F)(F)F)c2)c2n[nH]c(=O)n2C1c1ccc(C#N)cc1CC[N+](C)(C)C.CS(=O)(=O)[O-]. The Morgan fingerprint density at radius 3 is 2.39 bits per heavy atom. The van der Waals surface area contributed by atoms with E-state index in [4.69, 9.17) is 17.7 Å². The molecule has 1 unspecified atom stereocenters. The summed E-state index contributed by atoms with van der Waals surface area (Å²) in [5.74, 6) is -0.744. The second kappa shape index (κ2) is 12.6. The molecule has 1 aliphatic heterocycles. The fraction of sp³-hybridized carbons (Fsp3) is 0.357. The number of halogens is 3. The Labute approximate surface area is 251 Å². The minimum Gasteiger partial charge on any atom is -0.748 e. The molecule has 0 spiro atoms. The molecule has 0 amide bonds. The molecule has 2 heterocycles. The number of likely N-dealkylation sites (N-methyl/N-ethyl adjacent to an activating group) is 1. The number of hydrogen-bond acceptors (Lipinski definition) is 9. The topological polar surface area (TPSA) is 161 Å². The molecule has 4 rings (SSSR count). The molecule has 0 radical (unpaired) electrons. The molecule has 2 aromatic carbocycles. The number of nitrogens with zero attached hydrogens (tertiary/aromatic N) is 5. The summed E-state index contributed by atoms with van der Waals surface area (Å²) in [7, 11) is 3.33. The van der Waals surface area contributed by atoms with E-state index in [9.17, 15) is 28.0 Å². The van der Waals surface area contributed by atoms with Gasteiger partial charge >= 0.3 is 17.8 Å². The summed E-state index contributed by atoms with van der Waals surface area (Å²) in [6.07, 6.45) is -3.48. The van der Waals surface area contributed by atoms with E-state index in [1.54, 1.807) is 25.1 Å². The molecule has 12 nitrogen and oxygen atoms in total. The van der Waals surface area contributed by atoms with Crippen molar-refractivity contribution in [1.82, 2.24) is 14.8 Å². The number of alkyl halides is 3. The van der Waals surface area contributed by atoms with Crippen LogP contribution in [0.4, 0.5) is 24.8 Å². The zero-order valence-corrected chi connectivity index (χ0v) is 25.6. The number of H-pyrrole nitrogens is 1. The van der Waals surface area contributed by atoms with Crippen molar-refractivity contribution in [2.75, 3.05) is 46.0 Å². The van der Waals surface area contributed by atoms with Gasteiger partial charge in [0.1, 0.15) is 6.04 Å². The summed E-state index contributed by atoms with van der Waals surface area (Å²) in [5, 5.41) is 16.0. The Kier molecular flexibility index (Phi) is 9.78. The van der Waals surface area contributed by atoms with Crippen molar-refractivity contribution in [2.45, 2.75) is 25.6 Å². The minimum absolute atomic E-state index is 0.0105. The number of benzene rings is 2. The molecule has 3 aromatic rings. The van der Waals surface area contributed by atoms with Gasteiger partial charge in [-0.3, -0.25) is 4.90 Å². The van der Waals surface area contributed by atoms with Gasteiger partial charge in [0.15, 0.2) is 0 Å². The van der Waals surface area contributed by atoms with Crippen LogP contribution in [0.5, 0.6) is 0 Å². The van der Waals surface area contributed by atoms with Crippen LogP contribution in [0.1, 0.15) is 35.2 Å². The zero-order valence-electron chi connectivity index (χ0n) is 24.8. The number of nitriles is 1. The van der Waals surface area contributed by atoms with Crippen molar-refractivity contribution >= 4 is 27.7 Å². The van der Waals surface area contributed by atoms with Crippen molar-refractivity contribution in [3.8, 4) is 6.07 Å². The third kappa shape index (κ3) is 7.92. The maximum absolute atomic E-state index is 13.5. The van der Waals surface area contributed by atoms with Crippen LogP contribution in [0.15, 0.2) is 58.5 Å². The van der Waals surface area contributed by atoms with E-state index in [-0.39, 0.29) is 22.9 Å². The summed E-state index contributed by atoms with van der Waals surface area (Å²) < 4.78 is 74.8. The highest BCUT2D eigenvalue weighted by molar-refractivity contribution is 7.84. The van der Waals surface area contributed by atoms with E-state index in [2.05, 4.69) is 16.3 Å². The van der Waals surface area contributed by atoms with Gasteiger partial charge in [-0.1, -0.05) is 12.1 Å². The molecule has 44 heavy (non-hydrogen) atoms. The molecule has 0 aliphatic carbocycles. The number of anilines is 2. The Bertz CT molecular complexity index is 1790. The molecule has 0 bridgehead atoms. The van der Waals surface area contributed by atoms with Crippen LogP contribution in [-0.4, -0.2) is 79.2 Å². The first kappa shape index (κ1) is 34.0. The van der Waals surface area contributed by atoms with E-state index < -0.39 is 39.6 Å². The molecule has 236 valence electrons. The summed E-state index contributed by atoms with van der Waals surface area (Å²) in [4.78, 5) is 27.8. The lowest BCUT2D eigenvalue weighted by Gasteiger charge is -2.36. The van der Waals surface area contributed by atoms with E-state index in [1.807, 2.05) is 21.1 Å². The first-order valence-corrected chi connectivity index (χ1v) is 14.8. The lowest BCUT2D eigenvalue weighted by Crippen LogP contribution is -2.39. The maximum Gasteiger partial charge on any atom is 0.416 e.